The Hall–Kier alpha value is -1.09. The molecule has 1 unspecified atom stereocenters. The fourth-order valence-electron chi connectivity index (χ4n) is 2.58. The van der Waals surface area contributed by atoms with Crippen molar-refractivity contribution >= 4 is 0 Å². The predicted molar refractivity (Wildman–Crippen MR) is 52.5 cm³/mol. The van der Waals surface area contributed by atoms with E-state index >= 15 is 0 Å². The highest BCUT2D eigenvalue weighted by molar-refractivity contribution is 5.12. The Bertz CT molecular complexity index is 331. The molecule has 1 saturated carbocycles. The highest BCUT2D eigenvalue weighted by Crippen LogP contribution is 2.38. The molecule has 3 nitrogen and oxygen atoms in total. The SMILES string of the molecule is C1=C[C@H]2C[C@@H]1CC2NCc1ccon1. The molecule has 1 aromatic heterocycles. The zero-order chi connectivity index (χ0) is 9.38. The van der Waals surface area contributed by atoms with E-state index in [-0.39, 0.29) is 0 Å². The summed E-state index contributed by atoms with van der Waals surface area (Å²) in [5.41, 5.74) is 0.997. The molecule has 0 aliphatic heterocycles. The fourth-order valence-corrected chi connectivity index (χ4v) is 2.58. The second-order valence-corrected chi connectivity index (χ2v) is 4.26. The quantitative estimate of drug-likeness (QED) is 0.738. The molecular formula is C11H14N2O. The van der Waals surface area contributed by atoms with Crippen LogP contribution in [0.25, 0.3) is 0 Å². The van der Waals surface area contributed by atoms with Gasteiger partial charge in [-0.2, -0.15) is 0 Å². The van der Waals surface area contributed by atoms with E-state index in [0.29, 0.717) is 6.04 Å². The van der Waals surface area contributed by atoms with Gasteiger partial charge in [0.1, 0.15) is 6.26 Å². The van der Waals surface area contributed by atoms with E-state index in [9.17, 15) is 0 Å². The van der Waals surface area contributed by atoms with Crippen LogP contribution in [0.2, 0.25) is 0 Å². The van der Waals surface area contributed by atoms with Crippen LogP contribution in [0.5, 0.6) is 0 Å². The molecule has 1 N–H and O–H groups in total. The van der Waals surface area contributed by atoms with E-state index in [0.717, 1.165) is 24.1 Å². The first-order valence-electron chi connectivity index (χ1n) is 5.23. The summed E-state index contributed by atoms with van der Waals surface area (Å²) < 4.78 is 4.79. The van der Waals surface area contributed by atoms with Crippen LogP contribution in [0.15, 0.2) is 29.0 Å². The van der Waals surface area contributed by atoms with Gasteiger partial charge in [-0.25, -0.2) is 0 Å². The lowest BCUT2D eigenvalue weighted by molar-refractivity contribution is 0.396. The summed E-state index contributed by atoms with van der Waals surface area (Å²) in [4.78, 5) is 0. The largest absolute Gasteiger partial charge is 0.364 e. The van der Waals surface area contributed by atoms with Gasteiger partial charge in [-0.3, -0.25) is 0 Å². The first-order chi connectivity index (χ1) is 6.92. The lowest BCUT2D eigenvalue weighted by atomic mass is 10.0. The summed E-state index contributed by atoms with van der Waals surface area (Å²) in [7, 11) is 0. The zero-order valence-electron chi connectivity index (χ0n) is 8.02. The Morgan fingerprint density at radius 1 is 1.43 bits per heavy atom. The average molecular weight is 190 g/mol. The Labute approximate surface area is 83.2 Å². The zero-order valence-corrected chi connectivity index (χ0v) is 8.02. The minimum absolute atomic E-state index is 0.654. The fraction of sp³-hybridized carbons (Fsp3) is 0.545. The maximum absolute atomic E-state index is 4.79. The molecule has 0 aromatic carbocycles. The minimum Gasteiger partial charge on any atom is -0.364 e. The molecule has 1 heterocycles. The van der Waals surface area contributed by atoms with Gasteiger partial charge in [0, 0.05) is 18.7 Å². The number of fused-ring (bicyclic) bond motifs is 2. The lowest BCUT2D eigenvalue weighted by Crippen LogP contribution is -2.32. The van der Waals surface area contributed by atoms with E-state index in [4.69, 9.17) is 4.52 Å². The second-order valence-electron chi connectivity index (χ2n) is 4.26. The van der Waals surface area contributed by atoms with Crippen molar-refractivity contribution in [2.75, 3.05) is 0 Å². The molecule has 0 saturated heterocycles. The van der Waals surface area contributed by atoms with Crippen molar-refractivity contribution in [1.82, 2.24) is 10.5 Å². The smallest absolute Gasteiger partial charge is 0.124 e. The summed E-state index contributed by atoms with van der Waals surface area (Å²) >= 11 is 0. The molecule has 3 rings (SSSR count). The molecule has 2 aliphatic carbocycles. The van der Waals surface area contributed by atoms with E-state index in [1.165, 1.54) is 12.8 Å². The standard InChI is InChI=1S/C11H14N2O/c1-2-9-5-8(1)6-11(9)12-7-10-3-4-14-13-10/h1-4,8-9,11-12H,5-7H2/t8-,9+,11?/m1/s1. The molecule has 1 fully saturated rings. The van der Waals surface area contributed by atoms with E-state index in [2.05, 4.69) is 22.6 Å². The molecule has 3 heteroatoms. The number of nitrogens with one attached hydrogen (secondary N) is 1. The van der Waals surface area contributed by atoms with E-state index in [1.54, 1.807) is 6.26 Å². The Morgan fingerprint density at radius 3 is 3.07 bits per heavy atom. The van der Waals surface area contributed by atoms with Crippen molar-refractivity contribution in [3.63, 3.8) is 0 Å². The van der Waals surface area contributed by atoms with Crippen LogP contribution in [-0.4, -0.2) is 11.2 Å². The van der Waals surface area contributed by atoms with Crippen molar-refractivity contribution in [2.45, 2.75) is 25.4 Å². The summed E-state index contributed by atoms with van der Waals surface area (Å²) in [6.45, 7) is 0.832. The Kier molecular flexibility index (Phi) is 1.91. The lowest BCUT2D eigenvalue weighted by Gasteiger charge is -2.18. The number of aromatic nitrogens is 1. The van der Waals surface area contributed by atoms with Gasteiger partial charge in [-0.1, -0.05) is 17.3 Å². The number of nitrogens with zero attached hydrogens (tertiary/aromatic N) is 1. The molecule has 2 bridgehead atoms. The van der Waals surface area contributed by atoms with Gasteiger partial charge in [-0.15, -0.1) is 0 Å². The van der Waals surface area contributed by atoms with Crippen LogP contribution in [0.4, 0.5) is 0 Å². The van der Waals surface area contributed by atoms with Gasteiger partial charge in [-0.05, 0) is 24.7 Å². The Balaban J connectivity index is 1.57. The van der Waals surface area contributed by atoms with Gasteiger partial charge in [0.2, 0.25) is 0 Å². The van der Waals surface area contributed by atoms with Gasteiger partial charge >= 0.3 is 0 Å². The van der Waals surface area contributed by atoms with Gasteiger partial charge in [0.05, 0.1) is 5.69 Å². The van der Waals surface area contributed by atoms with Crippen LogP contribution in [0, 0.1) is 11.8 Å². The molecule has 2 aliphatic rings. The number of allylic oxidation sites excluding steroid dienone is 1. The first-order valence-corrected chi connectivity index (χ1v) is 5.23. The van der Waals surface area contributed by atoms with E-state index < -0.39 is 0 Å². The summed E-state index contributed by atoms with van der Waals surface area (Å²) in [6.07, 6.45) is 8.97. The maximum Gasteiger partial charge on any atom is 0.124 e. The minimum atomic E-state index is 0.654. The van der Waals surface area contributed by atoms with Crippen molar-refractivity contribution < 1.29 is 4.52 Å². The third kappa shape index (κ3) is 1.38. The molecule has 0 spiro atoms. The number of hydrogen-bond donors (Lipinski definition) is 1. The molecule has 1 aromatic rings. The van der Waals surface area contributed by atoms with Gasteiger partial charge in [0.25, 0.3) is 0 Å². The predicted octanol–water partition coefficient (Wildman–Crippen LogP) is 1.73. The summed E-state index contributed by atoms with van der Waals surface area (Å²) in [5, 5.41) is 7.43. The van der Waals surface area contributed by atoms with Crippen molar-refractivity contribution in [3.05, 3.63) is 30.2 Å². The van der Waals surface area contributed by atoms with Crippen LogP contribution in [0.1, 0.15) is 18.5 Å². The second kappa shape index (κ2) is 3.24. The van der Waals surface area contributed by atoms with Gasteiger partial charge < -0.3 is 9.84 Å². The first kappa shape index (κ1) is 8.24. The molecule has 14 heavy (non-hydrogen) atoms. The normalized spacial score (nSPS) is 34.1. The topological polar surface area (TPSA) is 38.1 Å². The van der Waals surface area contributed by atoms with E-state index in [1.807, 2.05) is 6.07 Å². The van der Waals surface area contributed by atoms with Crippen molar-refractivity contribution in [1.29, 1.82) is 0 Å². The molecule has 0 radical (unpaired) electrons. The average Bonchev–Trinajstić information content (AvgIpc) is 2.91. The third-order valence-electron chi connectivity index (χ3n) is 3.32. The van der Waals surface area contributed by atoms with Crippen LogP contribution in [-0.2, 0) is 6.54 Å². The molecular weight excluding hydrogens is 176 g/mol. The monoisotopic (exact) mass is 190 g/mol. The molecule has 0 amide bonds. The summed E-state index contributed by atoms with van der Waals surface area (Å²) in [6, 6.07) is 2.57. The van der Waals surface area contributed by atoms with Crippen LogP contribution >= 0.6 is 0 Å². The molecule has 74 valence electrons. The summed E-state index contributed by atoms with van der Waals surface area (Å²) in [5.74, 6) is 1.58. The van der Waals surface area contributed by atoms with Crippen molar-refractivity contribution in [2.24, 2.45) is 11.8 Å². The maximum atomic E-state index is 4.79. The van der Waals surface area contributed by atoms with Gasteiger partial charge in [0.15, 0.2) is 0 Å². The highest BCUT2D eigenvalue weighted by Gasteiger charge is 2.35. The number of hydrogen-bond acceptors (Lipinski definition) is 3. The third-order valence-corrected chi connectivity index (χ3v) is 3.32. The molecule has 3 atom stereocenters. The van der Waals surface area contributed by atoms with Crippen LogP contribution in [0.3, 0.4) is 0 Å². The Morgan fingerprint density at radius 2 is 2.43 bits per heavy atom. The van der Waals surface area contributed by atoms with Crippen molar-refractivity contribution in [3.8, 4) is 0 Å². The highest BCUT2D eigenvalue weighted by atomic mass is 16.5. The number of rotatable bonds is 3. The van der Waals surface area contributed by atoms with Crippen LogP contribution < -0.4 is 5.32 Å².